The topological polar surface area (TPSA) is 93.8 Å². The minimum absolute atomic E-state index is 0.222. The van der Waals surface area contributed by atoms with E-state index in [9.17, 15) is 9.59 Å². The Labute approximate surface area is 115 Å². The Bertz CT molecular complexity index is 561. The van der Waals surface area contributed by atoms with Crippen LogP contribution < -0.4 is 10.6 Å². The molecule has 0 radical (unpaired) electrons. The van der Waals surface area contributed by atoms with Crippen molar-refractivity contribution in [1.29, 1.82) is 0 Å². The molecular formula is C12H16N6O2. The molecule has 2 aromatic rings. The lowest BCUT2D eigenvalue weighted by molar-refractivity contribution is 0.0918. The molecule has 0 aromatic carbocycles. The number of hydrogen-bond acceptors (Lipinski definition) is 4. The van der Waals surface area contributed by atoms with Gasteiger partial charge >= 0.3 is 0 Å². The zero-order valence-electron chi connectivity index (χ0n) is 11.3. The Kier molecular flexibility index (Phi) is 4.14. The Morgan fingerprint density at radius 2 is 1.35 bits per heavy atom. The molecule has 0 spiro atoms. The van der Waals surface area contributed by atoms with Crippen LogP contribution in [0.25, 0.3) is 0 Å². The Morgan fingerprint density at radius 3 is 1.65 bits per heavy atom. The van der Waals surface area contributed by atoms with Crippen molar-refractivity contribution < 1.29 is 9.59 Å². The second-order valence-corrected chi connectivity index (χ2v) is 4.19. The Hall–Kier alpha value is -2.64. The van der Waals surface area contributed by atoms with Crippen molar-refractivity contribution in [1.82, 2.24) is 30.2 Å². The maximum Gasteiger partial charge on any atom is 0.269 e. The van der Waals surface area contributed by atoms with Crippen molar-refractivity contribution in [3.63, 3.8) is 0 Å². The lowest BCUT2D eigenvalue weighted by Gasteiger charge is -2.07. The summed E-state index contributed by atoms with van der Waals surface area (Å²) in [5, 5.41) is 13.2. The molecule has 2 heterocycles. The zero-order valence-corrected chi connectivity index (χ0v) is 11.3. The zero-order chi connectivity index (χ0) is 14.5. The highest BCUT2D eigenvalue weighted by atomic mass is 16.2. The second kappa shape index (κ2) is 6.00. The van der Waals surface area contributed by atoms with E-state index >= 15 is 0 Å². The maximum absolute atomic E-state index is 11.8. The molecule has 0 unspecified atom stereocenters. The molecule has 20 heavy (non-hydrogen) atoms. The second-order valence-electron chi connectivity index (χ2n) is 4.19. The van der Waals surface area contributed by atoms with Gasteiger partial charge in [-0.2, -0.15) is 10.2 Å². The van der Waals surface area contributed by atoms with Crippen LogP contribution in [0.15, 0.2) is 24.5 Å². The lowest BCUT2D eigenvalue weighted by Crippen LogP contribution is -2.35. The number of aryl methyl sites for hydroxylation is 2. The fourth-order valence-electron chi connectivity index (χ4n) is 1.73. The number of rotatable bonds is 5. The monoisotopic (exact) mass is 276 g/mol. The van der Waals surface area contributed by atoms with Crippen LogP contribution in [0.4, 0.5) is 0 Å². The molecule has 0 saturated carbocycles. The first-order valence-electron chi connectivity index (χ1n) is 6.12. The van der Waals surface area contributed by atoms with E-state index in [1.807, 2.05) is 0 Å². The number of carbonyl (C=O) groups excluding carboxylic acids is 2. The van der Waals surface area contributed by atoms with Gasteiger partial charge in [0.1, 0.15) is 11.4 Å². The number of carbonyl (C=O) groups is 2. The molecule has 8 heteroatoms. The smallest absolute Gasteiger partial charge is 0.269 e. The van der Waals surface area contributed by atoms with Gasteiger partial charge in [-0.25, -0.2) is 0 Å². The van der Waals surface area contributed by atoms with Gasteiger partial charge in [0.05, 0.1) is 0 Å². The van der Waals surface area contributed by atoms with Gasteiger partial charge in [-0.1, -0.05) is 0 Å². The third-order valence-corrected chi connectivity index (χ3v) is 2.80. The van der Waals surface area contributed by atoms with E-state index in [1.165, 1.54) is 9.36 Å². The van der Waals surface area contributed by atoms with Crippen molar-refractivity contribution in [3.05, 3.63) is 35.9 Å². The number of amides is 2. The average Bonchev–Trinajstić information content (AvgIpc) is 3.02. The van der Waals surface area contributed by atoms with E-state index in [-0.39, 0.29) is 11.8 Å². The van der Waals surface area contributed by atoms with Gasteiger partial charge in [0, 0.05) is 39.6 Å². The summed E-state index contributed by atoms with van der Waals surface area (Å²) in [4.78, 5) is 23.5. The standard InChI is InChI=1S/C12H16N6O2/c1-17-9(3-5-15-17)11(19)13-7-8-14-12(20)10-4-6-16-18(10)2/h3-6H,7-8H2,1-2H3,(H,13,19)(H,14,20). The molecule has 8 nitrogen and oxygen atoms in total. The molecule has 2 N–H and O–H groups in total. The summed E-state index contributed by atoms with van der Waals surface area (Å²) < 4.78 is 2.98. The molecular weight excluding hydrogens is 260 g/mol. The first-order chi connectivity index (χ1) is 9.59. The van der Waals surface area contributed by atoms with Gasteiger partial charge in [0.15, 0.2) is 0 Å². The van der Waals surface area contributed by atoms with Crippen LogP contribution in [0.1, 0.15) is 21.0 Å². The van der Waals surface area contributed by atoms with Gasteiger partial charge < -0.3 is 10.6 Å². The van der Waals surface area contributed by atoms with E-state index in [2.05, 4.69) is 20.8 Å². The van der Waals surface area contributed by atoms with E-state index in [4.69, 9.17) is 0 Å². The summed E-state index contributed by atoms with van der Waals surface area (Å²) in [7, 11) is 3.39. The first kappa shape index (κ1) is 13.8. The third kappa shape index (κ3) is 3.02. The molecule has 0 aliphatic rings. The van der Waals surface area contributed by atoms with Crippen LogP contribution in [-0.2, 0) is 14.1 Å². The third-order valence-electron chi connectivity index (χ3n) is 2.80. The highest BCUT2D eigenvalue weighted by Gasteiger charge is 2.10. The van der Waals surface area contributed by atoms with E-state index in [1.54, 1.807) is 38.6 Å². The quantitative estimate of drug-likeness (QED) is 0.707. The van der Waals surface area contributed by atoms with Crippen molar-refractivity contribution in [3.8, 4) is 0 Å². The van der Waals surface area contributed by atoms with Crippen LogP contribution in [0.5, 0.6) is 0 Å². The minimum Gasteiger partial charge on any atom is -0.349 e. The highest BCUT2D eigenvalue weighted by molar-refractivity contribution is 5.93. The Morgan fingerprint density at radius 1 is 0.950 bits per heavy atom. The number of aromatic nitrogens is 4. The molecule has 0 saturated heterocycles. The predicted molar refractivity (Wildman–Crippen MR) is 71.1 cm³/mol. The number of nitrogens with one attached hydrogen (secondary N) is 2. The van der Waals surface area contributed by atoms with E-state index in [0.29, 0.717) is 24.5 Å². The SMILES string of the molecule is Cn1nccc1C(=O)NCCNC(=O)c1ccnn1C. The van der Waals surface area contributed by atoms with Gasteiger partial charge in [0.2, 0.25) is 0 Å². The molecule has 2 amide bonds. The maximum atomic E-state index is 11.8. The van der Waals surface area contributed by atoms with Crippen LogP contribution in [-0.4, -0.2) is 44.5 Å². The largest absolute Gasteiger partial charge is 0.349 e. The van der Waals surface area contributed by atoms with Crippen molar-refractivity contribution in [2.75, 3.05) is 13.1 Å². The highest BCUT2D eigenvalue weighted by Crippen LogP contribution is 1.96. The molecule has 0 fully saturated rings. The van der Waals surface area contributed by atoms with Crippen molar-refractivity contribution in [2.45, 2.75) is 0 Å². The van der Waals surface area contributed by atoms with Crippen LogP contribution in [0.2, 0.25) is 0 Å². The summed E-state index contributed by atoms with van der Waals surface area (Å²) in [6, 6.07) is 3.26. The number of nitrogens with zero attached hydrogens (tertiary/aromatic N) is 4. The molecule has 106 valence electrons. The summed E-state index contributed by atoms with van der Waals surface area (Å²) in [6.07, 6.45) is 3.11. The molecule has 0 aliphatic carbocycles. The van der Waals surface area contributed by atoms with Crippen LogP contribution in [0.3, 0.4) is 0 Å². The summed E-state index contributed by atoms with van der Waals surface area (Å²) >= 11 is 0. The number of hydrogen-bond donors (Lipinski definition) is 2. The minimum atomic E-state index is -0.222. The fourth-order valence-corrected chi connectivity index (χ4v) is 1.73. The molecule has 2 rings (SSSR count). The van der Waals surface area contributed by atoms with Crippen molar-refractivity contribution >= 4 is 11.8 Å². The molecule has 0 bridgehead atoms. The molecule has 0 aliphatic heterocycles. The van der Waals surface area contributed by atoms with Gasteiger partial charge in [-0.05, 0) is 12.1 Å². The normalized spacial score (nSPS) is 10.3. The van der Waals surface area contributed by atoms with E-state index in [0.717, 1.165) is 0 Å². The summed E-state index contributed by atoms with van der Waals surface area (Å²) in [6.45, 7) is 0.682. The predicted octanol–water partition coefficient (Wildman–Crippen LogP) is -0.687. The Balaban J connectivity index is 1.75. The molecule has 0 atom stereocenters. The van der Waals surface area contributed by atoms with Gasteiger partial charge in [-0.3, -0.25) is 19.0 Å². The fraction of sp³-hybridized carbons (Fsp3) is 0.333. The summed E-state index contributed by atoms with van der Waals surface area (Å²) in [5.74, 6) is -0.445. The molecule has 2 aromatic heterocycles. The van der Waals surface area contributed by atoms with Crippen molar-refractivity contribution in [2.24, 2.45) is 14.1 Å². The van der Waals surface area contributed by atoms with Gasteiger partial charge in [-0.15, -0.1) is 0 Å². The lowest BCUT2D eigenvalue weighted by atomic mass is 10.4. The first-order valence-corrected chi connectivity index (χ1v) is 6.12. The van der Waals surface area contributed by atoms with Crippen LogP contribution >= 0.6 is 0 Å². The van der Waals surface area contributed by atoms with Gasteiger partial charge in [0.25, 0.3) is 11.8 Å². The van der Waals surface area contributed by atoms with Crippen LogP contribution in [0, 0.1) is 0 Å². The average molecular weight is 276 g/mol. The summed E-state index contributed by atoms with van der Waals surface area (Å²) in [5.41, 5.74) is 0.950. The van der Waals surface area contributed by atoms with E-state index < -0.39 is 0 Å².